The molecule has 4 aromatic rings. The maximum absolute atomic E-state index is 10.7. The van der Waals surface area contributed by atoms with Crippen LogP contribution in [-0.2, 0) is 6.42 Å². The van der Waals surface area contributed by atoms with E-state index in [2.05, 4.69) is 37.1 Å². The molecule has 0 radical (unpaired) electrons. The summed E-state index contributed by atoms with van der Waals surface area (Å²) < 4.78 is 7.06. The van der Waals surface area contributed by atoms with Gasteiger partial charge < -0.3 is 29.9 Å². The van der Waals surface area contributed by atoms with Crippen molar-refractivity contribution in [3.8, 4) is 23.3 Å². The van der Waals surface area contributed by atoms with Gasteiger partial charge in [0.05, 0.1) is 25.6 Å². The molecule has 2 aliphatic carbocycles. The van der Waals surface area contributed by atoms with Gasteiger partial charge in [0.15, 0.2) is 28.5 Å². The predicted octanol–water partition coefficient (Wildman–Crippen LogP) is 1.90. The monoisotopic (exact) mass is 498 g/mol. The zero-order chi connectivity index (χ0) is 25.5. The van der Waals surface area contributed by atoms with E-state index < -0.39 is 12.2 Å². The number of benzene rings is 1. The third-order valence-corrected chi connectivity index (χ3v) is 7.14. The van der Waals surface area contributed by atoms with Crippen LogP contribution in [0.1, 0.15) is 29.4 Å². The Morgan fingerprint density at radius 1 is 1.14 bits per heavy atom. The molecule has 0 spiro atoms. The number of hydrogen-bond donors (Lipinski definition) is 4. The molecule has 6 rings (SSSR count). The predicted molar refractivity (Wildman–Crippen MR) is 135 cm³/mol. The Balaban J connectivity index is 1.33. The maximum atomic E-state index is 10.7. The highest BCUT2D eigenvalue weighted by molar-refractivity contribution is 5.83. The summed E-state index contributed by atoms with van der Waals surface area (Å²) in [5.74, 6) is 7.74. The second-order valence-electron chi connectivity index (χ2n) is 9.43. The zero-order valence-electron chi connectivity index (χ0n) is 20.1. The second-order valence-corrected chi connectivity index (χ2v) is 9.43. The minimum absolute atomic E-state index is 0.0937. The lowest BCUT2D eigenvalue weighted by Crippen LogP contribution is -2.31. The third kappa shape index (κ3) is 4.33. The summed E-state index contributed by atoms with van der Waals surface area (Å²) in [6, 6.07) is 8.62. The first-order valence-electron chi connectivity index (χ1n) is 12.2. The largest absolute Gasteiger partial charge is 0.504 e. The van der Waals surface area contributed by atoms with Crippen molar-refractivity contribution in [2.75, 3.05) is 19.0 Å². The van der Waals surface area contributed by atoms with Gasteiger partial charge in [-0.25, -0.2) is 15.0 Å². The highest BCUT2D eigenvalue weighted by Gasteiger charge is 2.60. The maximum Gasteiger partial charge on any atom is 0.209 e. The summed E-state index contributed by atoms with van der Waals surface area (Å²) in [7, 11) is 1.52. The Morgan fingerprint density at radius 3 is 2.78 bits per heavy atom. The van der Waals surface area contributed by atoms with Crippen molar-refractivity contribution in [3.63, 3.8) is 0 Å². The van der Waals surface area contributed by atoms with E-state index in [0.717, 1.165) is 17.5 Å². The molecule has 10 heteroatoms. The molecule has 0 bridgehead atoms. The molecule has 0 saturated heterocycles. The van der Waals surface area contributed by atoms with Gasteiger partial charge in [0.2, 0.25) is 5.82 Å². The molecule has 2 saturated carbocycles. The molecule has 37 heavy (non-hydrogen) atoms. The molecule has 0 unspecified atom stereocenters. The van der Waals surface area contributed by atoms with Crippen LogP contribution in [-0.4, -0.2) is 65.7 Å². The SMILES string of the molecule is COc1cc(CCNc2nc(C#Cc3cccnc3)nc3c2ncn3[C@H]2[C@H](O)[C@H](O)[C@@H]3C[C@@H]32)ccc1O. The first-order valence-corrected chi connectivity index (χ1v) is 12.2. The van der Waals surface area contributed by atoms with Crippen LogP contribution in [0.2, 0.25) is 0 Å². The van der Waals surface area contributed by atoms with E-state index in [1.54, 1.807) is 30.9 Å². The number of hydrogen-bond acceptors (Lipinski definition) is 9. The highest BCUT2D eigenvalue weighted by Crippen LogP contribution is 2.57. The summed E-state index contributed by atoms with van der Waals surface area (Å²) in [4.78, 5) is 18.0. The van der Waals surface area contributed by atoms with Crippen molar-refractivity contribution in [1.29, 1.82) is 0 Å². The van der Waals surface area contributed by atoms with Gasteiger partial charge >= 0.3 is 0 Å². The van der Waals surface area contributed by atoms with Crippen LogP contribution in [0.3, 0.4) is 0 Å². The topological polar surface area (TPSA) is 138 Å². The number of aliphatic hydroxyl groups excluding tert-OH is 2. The Morgan fingerprint density at radius 2 is 2.03 bits per heavy atom. The molecule has 1 aromatic carbocycles. The number of fused-ring (bicyclic) bond motifs is 2. The zero-order valence-corrected chi connectivity index (χ0v) is 20.1. The summed E-state index contributed by atoms with van der Waals surface area (Å²) in [5, 5.41) is 34.3. The molecule has 10 nitrogen and oxygen atoms in total. The number of aromatic nitrogens is 5. The van der Waals surface area contributed by atoms with Gasteiger partial charge in [-0.2, -0.15) is 0 Å². The fraction of sp³-hybridized carbons (Fsp3) is 0.333. The number of nitrogens with one attached hydrogen (secondary N) is 1. The van der Waals surface area contributed by atoms with E-state index in [0.29, 0.717) is 41.5 Å². The van der Waals surface area contributed by atoms with Gasteiger partial charge in [-0.3, -0.25) is 4.98 Å². The lowest BCUT2D eigenvalue weighted by Gasteiger charge is -2.22. The average Bonchev–Trinajstić information content (AvgIpc) is 3.52. The lowest BCUT2D eigenvalue weighted by molar-refractivity contribution is 0.00386. The van der Waals surface area contributed by atoms with E-state index in [1.165, 1.54) is 7.11 Å². The van der Waals surface area contributed by atoms with Gasteiger partial charge in [-0.15, -0.1) is 0 Å². The number of anilines is 1. The second kappa shape index (κ2) is 9.35. The molecular formula is C27H26N6O4. The van der Waals surface area contributed by atoms with Gasteiger partial charge in [0, 0.05) is 24.5 Å². The molecule has 2 fully saturated rings. The van der Waals surface area contributed by atoms with Crippen LogP contribution in [0.25, 0.3) is 11.2 Å². The van der Waals surface area contributed by atoms with E-state index >= 15 is 0 Å². The number of nitrogens with zero attached hydrogens (tertiary/aromatic N) is 5. The van der Waals surface area contributed by atoms with Crippen LogP contribution in [0, 0.1) is 23.7 Å². The van der Waals surface area contributed by atoms with E-state index in [4.69, 9.17) is 4.74 Å². The first kappa shape index (κ1) is 23.2. The summed E-state index contributed by atoms with van der Waals surface area (Å²) >= 11 is 0. The number of aliphatic hydroxyl groups is 2. The third-order valence-electron chi connectivity index (χ3n) is 7.14. The van der Waals surface area contributed by atoms with Crippen molar-refractivity contribution < 1.29 is 20.1 Å². The summed E-state index contributed by atoms with van der Waals surface area (Å²) in [5.41, 5.74) is 2.85. The molecular weight excluding hydrogens is 472 g/mol. The number of phenols is 1. The number of phenolic OH excluding ortho intramolecular Hbond substituents is 1. The number of imidazole rings is 1. The Bertz CT molecular complexity index is 1510. The van der Waals surface area contributed by atoms with Gasteiger partial charge in [-0.05, 0) is 60.4 Å². The number of aromatic hydroxyl groups is 1. The van der Waals surface area contributed by atoms with Gasteiger partial charge in [0.1, 0.15) is 6.10 Å². The number of ether oxygens (including phenoxy) is 1. The van der Waals surface area contributed by atoms with E-state index in [1.807, 2.05) is 22.8 Å². The number of methoxy groups -OCH3 is 1. The first-order chi connectivity index (χ1) is 18.0. The number of pyridine rings is 1. The van der Waals surface area contributed by atoms with E-state index in [9.17, 15) is 15.3 Å². The van der Waals surface area contributed by atoms with E-state index in [-0.39, 0.29) is 23.6 Å². The molecule has 2 aliphatic rings. The average molecular weight is 499 g/mol. The Hall–Kier alpha value is -4.20. The number of rotatable bonds is 6. The minimum Gasteiger partial charge on any atom is -0.504 e. The minimum atomic E-state index is -0.873. The smallest absolute Gasteiger partial charge is 0.209 e. The quantitative estimate of drug-likeness (QED) is 0.294. The summed E-state index contributed by atoms with van der Waals surface area (Å²) in [6.45, 7) is 0.540. The molecule has 4 N–H and O–H groups in total. The van der Waals surface area contributed by atoms with Crippen LogP contribution in [0.15, 0.2) is 49.1 Å². The van der Waals surface area contributed by atoms with Crippen LogP contribution < -0.4 is 10.1 Å². The molecule has 5 atom stereocenters. The molecule has 188 valence electrons. The highest BCUT2D eigenvalue weighted by atomic mass is 16.5. The molecule has 0 amide bonds. The molecule has 3 aromatic heterocycles. The Labute approximate surface area is 213 Å². The van der Waals surface area contributed by atoms with Crippen molar-refractivity contribution in [3.05, 3.63) is 66.0 Å². The van der Waals surface area contributed by atoms with Gasteiger partial charge in [0.25, 0.3) is 0 Å². The Kier molecular flexibility index (Phi) is 5.87. The standard InChI is InChI=1S/C27H26N6O4/c1-37-20-11-15(4-6-19(20)34)8-10-29-26-22-27(32-21(31-26)7-5-16-3-2-9-28-13-16)33(14-30-22)23-17-12-18(17)24(35)25(23)36/h2-4,6,9,11,13-14,17-18,23-25,34-36H,8,10,12H2,1H3,(H,29,31,32)/t17-,18+,23+,24+,25-/m0/s1. The van der Waals surface area contributed by atoms with Crippen molar-refractivity contribution >= 4 is 17.0 Å². The van der Waals surface area contributed by atoms with Crippen LogP contribution in [0.4, 0.5) is 5.82 Å². The van der Waals surface area contributed by atoms with Gasteiger partial charge in [-0.1, -0.05) is 12.0 Å². The van der Waals surface area contributed by atoms with Crippen molar-refractivity contribution in [2.24, 2.45) is 11.8 Å². The van der Waals surface area contributed by atoms with Crippen LogP contribution in [0.5, 0.6) is 11.5 Å². The summed E-state index contributed by atoms with van der Waals surface area (Å²) in [6.07, 6.45) is 4.93. The fourth-order valence-corrected chi connectivity index (χ4v) is 5.18. The fourth-order valence-electron chi connectivity index (χ4n) is 5.18. The molecule has 0 aliphatic heterocycles. The van der Waals surface area contributed by atoms with Crippen LogP contribution >= 0.6 is 0 Å². The van der Waals surface area contributed by atoms with Crippen molar-refractivity contribution in [1.82, 2.24) is 24.5 Å². The normalized spacial score (nSPS) is 23.8. The lowest BCUT2D eigenvalue weighted by atomic mass is 10.1. The molecule has 3 heterocycles. The van der Waals surface area contributed by atoms with Crippen molar-refractivity contribution in [2.45, 2.75) is 31.1 Å².